The summed E-state index contributed by atoms with van der Waals surface area (Å²) in [6.07, 6.45) is 0. The third kappa shape index (κ3) is 3.97. The fraction of sp³-hybridized carbons (Fsp3) is 0.286. The molecule has 0 fully saturated rings. The van der Waals surface area contributed by atoms with E-state index in [4.69, 9.17) is 11.6 Å². The van der Waals surface area contributed by atoms with Crippen LogP contribution in [0.1, 0.15) is 17.4 Å². The lowest BCUT2D eigenvalue weighted by Gasteiger charge is -2.11. The minimum absolute atomic E-state index is 0.313. The Kier molecular flexibility index (Phi) is 5.27. The van der Waals surface area contributed by atoms with E-state index >= 15 is 0 Å². The summed E-state index contributed by atoms with van der Waals surface area (Å²) in [6, 6.07) is 6.76. The van der Waals surface area contributed by atoms with Gasteiger partial charge in [-0.1, -0.05) is 24.6 Å². The average molecular weight is 345 g/mol. The summed E-state index contributed by atoms with van der Waals surface area (Å²) in [5.41, 5.74) is 1.33. The van der Waals surface area contributed by atoms with Crippen molar-refractivity contribution < 1.29 is 8.42 Å². The van der Waals surface area contributed by atoms with Crippen molar-refractivity contribution in [1.82, 2.24) is 5.32 Å². The van der Waals surface area contributed by atoms with Gasteiger partial charge in [0.2, 0.25) is 0 Å². The molecule has 7 heteroatoms. The molecule has 1 aromatic heterocycles. The summed E-state index contributed by atoms with van der Waals surface area (Å²) in [7, 11) is -3.61. The second-order valence-corrected chi connectivity index (χ2v) is 7.64. The highest BCUT2D eigenvalue weighted by Crippen LogP contribution is 2.27. The van der Waals surface area contributed by atoms with Gasteiger partial charge >= 0.3 is 0 Å². The lowest BCUT2D eigenvalue weighted by Crippen LogP contribution is -2.17. The summed E-state index contributed by atoms with van der Waals surface area (Å²) in [5.74, 6) is 0. The molecule has 4 nitrogen and oxygen atoms in total. The highest BCUT2D eigenvalue weighted by molar-refractivity contribution is 7.93. The standard InChI is InChI=1S/C14H17ClN2O2S2/c1-3-16-9-13-14(6-7-20-13)21(18,19)17-12-8-11(15)5-4-10(12)2/h4-8,16-17H,3,9H2,1-2H3. The molecule has 1 heterocycles. The van der Waals surface area contributed by atoms with Gasteiger partial charge in [0.25, 0.3) is 10.0 Å². The van der Waals surface area contributed by atoms with Crippen molar-refractivity contribution in [1.29, 1.82) is 0 Å². The Morgan fingerprint density at radius 3 is 2.76 bits per heavy atom. The Morgan fingerprint density at radius 1 is 1.29 bits per heavy atom. The lowest BCUT2D eigenvalue weighted by molar-refractivity contribution is 0.599. The van der Waals surface area contributed by atoms with E-state index in [9.17, 15) is 8.42 Å². The number of hydrogen-bond donors (Lipinski definition) is 2. The summed E-state index contributed by atoms with van der Waals surface area (Å²) < 4.78 is 27.7. The van der Waals surface area contributed by atoms with E-state index in [0.29, 0.717) is 22.2 Å². The molecule has 0 saturated carbocycles. The largest absolute Gasteiger partial charge is 0.312 e. The Morgan fingerprint density at radius 2 is 2.05 bits per heavy atom. The summed E-state index contributed by atoms with van der Waals surface area (Å²) in [6.45, 7) is 5.15. The number of sulfonamides is 1. The van der Waals surface area contributed by atoms with Gasteiger partial charge < -0.3 is 5.32 Å². The lowest BCUT2D eigenvalue weighted by atomic mass is 10.2. The van der Waals surface area contributed by atoms with E-state index in [1.54, 1.807) is 29.6 Å². The van der Waals surface area contributed by atoms with Gasteiger partial charge in [-0.3, -0.25) is 4.72 Å². The van der Waals surface area contributed by atoms with Gasteiger partial charge in [-0.2, -0.15) is 0 Å². The van der Waals surface area contributed by atoms with Crippen LogP contribution in [0.15, 0.2) is 34.5 Å². The third-order valence-corrected chi connectivity index (χ3v) is 5.71. The molecule has 1 aromatic carbocycles. The number of hydrogen-bond acceptors (Lipinski definition) is 4. The molecule has 0 bridgehead atoms. The second-order valence-electron chi connectivity index (χ2n) is 4.55. The van der Waals surface area contributed by atoms with Crippen molar-refractivity contribution in [2.75, 3.05) is 11.3 Å². The molecule has 0 atom stereocenters. The van der Waals surface area contributed by atoms with Gasteiger partial charge in [-0.25, -0.2) is 8.42 Å². The van der Waals surface area contributed by atoms with Crippen LogP contribution in [0.4, 0.5) is 5.69 Å². The number of nitrogens with one attached hydrogen (secondary N) is 2. The van der Waals surface area contributed by atoms with Gasteiger partial charge in [0.1, 0.15) is 4.90 Å². The molecule has 2 rings (SSSR count). The molecule has 0 aliphatic heterocycles. The van der Waals surface area contributed by atoms with E-state index < -0.39 is 10.0 Å². The van der Waals surface area contributed by atoms with Crippen molar-refractivity contribution in [3.8, 4) is 0 Å². The molecule has 0 amide bonds. The number of aryl methyl sites for hydroxylation is 1. The summed E-state index contributed by atoms with van der Waals surface area (Å²) in [5, 5.41) is 5.43. The number of rotatable bonds is 6. The highest BCUT2D eigenvalue weighted by atomic mass is 35.5. The van der Waals surface area contributed by atoms with Crippen LogP contribution in [0.5, 0.6) is 0 Å². The molecule has 0 saturated heterocycles. The quantitative estimate of drug-likeness (QED) is 0.841. The topological polar surface area (TPSA) is 58.2 Å². The zero-order valence-electron chi connectivity index (χ0n) is 11.8. The Balaban J connectivity index is 2.30. The molecule has 2 N–H and O–H groups in total. The smallest absolute Gasteiger partial charge is 0.263 e. The summed E-state index contributed by atoms with van der Waals surface area (Å²) in [4.78, 5) is 1.11. The second kappa shape index (κ2) is 6.79. The van der Waals surface area contributed by atoms with Crippen LogP contribution in [-0.2, 0) is 16.6 Å². The number of benzene rings is 1. The first-order valence-electron chi connectivity index (χ1n) is 6.50. The molecule has 0 unspecified atom stereocenters. The van der Waals surface area contributed by atoms with E-state index in [1.807, 2.05) is 13.8 Å². The molecule has 0 radical (unpaired) electrons. The number of thiophene rings is 1. The Hall–Kier alpha value is -1.08. The maximum Gasteiger partial charge on any atom is 0.263 e. The van der Waals surface area contributed by atoms with Crippen molar-refractivity contribution in [3.63, 3.8) is 0 Å². The van der Waals surface area contributed by atoms with E-state index in [0.717, 1.165) is 17.0 Å². The summed E-state index contributed by atoms with van der Waals surface area (Å²) >= 11 is 7.35. The third-order valence-electron chi connectivity index (χ3n) is 2.97. The molecule has 0 aliphatic carbocycles. The van der Waals surface area contributed by atoms with Crippen LogP contribution >= 0.6 is 22.9 Å². The zero-order valence-corrected chi connectivity index (χ0v) is 14.2. The van der Waals surface area contributed by atoms with Crippen molar-refractivity contribution in [2.45, 2.75) is 25.3 Å². The Bertz CT molecular complexity index is 726. The minimum atomic E-state index is -3.61. The Labute approximate surface area is 134 Å². The van der Waals surface area contributed by atoms with Crippen LogP contribution in [0.3, 0.4) is 0 Å². The van der Waals surface area contributed by atoms with Crippen molar-refractivity contribution in [2.24, 2.45) is 0 Å². The fourth-order valence-corrected chi connectivity index (χ4v) is 4.55. The van der Waals surface area contributed by atoms with E-state index in [2.05, 4.69) is 10.0 Å². The van der Waals surface area contributed by atoms with Crippen molar-refractivity contribution in [3.05, 3.63) is 45.1 Å². The monoisotopic (exact) mass is 344 g/mol. The number of halogens is 1. The molecule has 2 aromatic rings. The van der Waals surface area contributed by atoms with E-state index in [1.165, 1.54) is 11.3 Å². The van der Waals surface area contributed by atoms with Gasteiger partial charge in [0, 0.05) is 16.4 Å². The average Bonchev–Trinajstić information content (AvgIpc) is 2.89. The molecule has 0 aliphatic rings. The van der Waals surface area contributed by atoms with Gasteiger partial charge in [-0.15, -0.1) is 11.3 Å². The van der Waals surface area contributed by atoms with Crippen LogP contribution in [-0.4, -0.2) is 15.0 Å². The van der Waals surface area contributed by atoms with Crippen LogP contribution < -0.4 is 10.0 Å². The van der Waals surface area contributed by atoms with Crippen LogP contribution in [0.25, 0.3) is 0 Å². The molecule has 0 spiro atoms. The molecular formula is C14H17ClN2O2S2. The van der Waals surface area contributed by atoms with E-state index in [-0.39, 0.29) is 0 Å². The predicted molar refractivity (Wildman–Crippen MR) is 88.7 cm³/mol. The normalized spacial score (nSPS) is 11.6. The van der Waals surface area contributed by atoms with Gasteiger partial charge in [0.05, 0.1) is 5.69 Å². The minimum Gasteiger partial charge on any atom is -0.312 e. The van der Waals surface area contributed by atoms with Crippen molar-refractivity contribution >= 4 is 38.6 Å². The first-order chi connectivity index (χ1) is 9.94. The predicted octanol–water partition coefficient (Wildman–Crippen LogP) is 3.62. The first-order valence-corrected chi connectivity index (χ1v) is 9.24. The molecular weight excluding hydrogens is 328 g/mol. The number of anilines is 1. The molecule has 114 valence electrons. The van der Waals surface area contributed by atoms with Crippen LogP contribution in [0.2, 0.25) is 5.02 Å². The fourth-order valence-electron chi connectivity index (χ4n) is 1.84. The molecule has 21 heavy (non-hydrogen) atoms. The first kappa shape index (κ1) is 16.3. The van der Waals surface area contributed by atoms with Gasteiger partial charge in [-0.05, 0) is 42.6 Å². The van der Waals surface area contributed by atoms with Gasteiger partial charge in [0.15, 0.2) is 0 Å². The highest BCUT2D eigenvalue weighted by Gasteiger charge is 2.20. The van der Waals surface area contributed by atoms with Crippen LogP contribution in [0, 0.1) is 6.92 Å². The SMILES string of the molecule is CCNCc1sccc1S(=O)(=O)Nc1cc(Cl)ccc1C. The maximum absolute atomic E-state index is 12.5. The zero-order chi connectivity index (χ0) is 15.5. The maximum atomic E-state index is 12.5.